The summed E-state index contributed by atoms with van der Waals surface area (Å²) < 4.78 is 2.13. The number of carbonyl (C=O) groups excluding carboxylic acids is 3. The molecule has 4 rings (SSSR count). The van der Waals surface area contributed by atoms with Crippen molar-refractivity contribution in [1.82, 2.24) is 24.7 Å². The van der Waals surface area contributed by atoms with E-state index in [-0.39, 0.29) is 24.1 Å². The Kier molecular flexibility index (Phi) is 6.74. The van der Waals surface area contributed by atoms with Crippen molar-refractivity contribution in [1.29, 1.82) is 0 Å². The number of carbonyl (C=O) groups is 3. The molecule has 0 radical (unpaired) electrons. The van der Waals surface area contributed by atoms with Crippen molar-refractivity contribution in [3.05, 3.63) is 58.8 Å². The van der Waals surface area contributed by atoms with Crippen LogP contribution < -0.4 is 5.32 Å². The van der Waals surface area contributed by atoms with Gasteiger partial charge in [-0.05, 0) is 36.0 Å². The largest absolute Gasteiger partial charge is 0.334 e. The molecule has 33 heavy (non-hydrogen) atoms. The fourth-order valence-electron chi connectivity index (χ4n) is 4.63. The van der Waals surface area contributed by atoms with E-state index in [2.05, 4.69) is 57.9 Å². The van der Waals surface area contributed by atoms with Crippen molar-refractivity contribution < 1.29 is 14.4 Å². The fourth-order valence-corrected chi connectivity index (χ4v) is 4.63. The van der Waals surface area contributed by atoms with E-state index in [0.717, 1.165) is 49.6 Å². The predicted molar refractivity (Wildman–Crippen MR) is 125 cm³/mol. The fraction of sp³-hybridized carbons (Fsp3) is 0.440. The van der Waals surface area contributed by atoms with E-state index < -0.39 is 11.8 Å². The first-order valence-electron chi connectivity index (χ1n) is 11.5. The van der Waals surface area contributed by atoms with Crippen LogP contribution in [-0.2, 0) is 33.9 Å². The maximum atomic E-state index is 12.6. The summed E-state index contributed by atoms with van der Waals surface area (Å²) in [4.78, 5) is 44.3. The monoisotopic (exact) mass is 449 g/mol. The van der Waals surface area contributed by atoms with Crippen LogP contribution in [-0.4, -0.2) is 56.7 Å². The lowest BCUT2D eigenvalue weighted by atomic mass is 10.00. The number of piperazine rings is 1. The van der Waals surface area contributed by atoms with E-state index in [1.807, 2.05) is 0 Å². The highest BCUT2D eigenvalue weighted by molar-refractivity contribution is 6.12. The van der Waals surface area contributed by atoms with Gasteiger partial charge in [-0.15, -0.1) is 0 Å². The molecular weight excluding hydrogens is 418 g/mol. The number of imidazole rings is 1. The van der Waals surface area contributed by atoms with Crippen molar-refractivity contribution in [3.8, 4) is 0 Å². The number of aryl methyl sites for hydroxylation is 1. The average Bonchev–Trinajstić information content (AvgIpc) is 3.18. The number of imide groups is 1. The Morgan fingerprint density at radius 1 is 1.15 bits per heavy atom. The van der Waals surface area contributed by atoms with Gasteiger partial charge < -0.3 is 9.88 Å². The molecule has 0 aliphatic carbocycles. The minimum absolute atomic E-state index is 0.0839. The molecular formula is C25H31N5O3. The third kappa shape index (κ3) is 5.06. The molecule has 3 heterocycles. The van der Waals surface area contributed by atoms with Gasteiger partial charge in [-0.2, -0.15) is 0 Å². The van der Waals surface area contributed by atoms with Gasteiger partial charge in [0, 0.05) is 38.8 Å². The summed E-state index contributed by atoms with van der Waals surface area (Å²) in [5.41, 5.74) is 4.61. The molecule has 8 nitrogen and oxygen atoms in total. The zero-order valence-corrected chi connectivity index (χ0v) is 19.5. The van der Waals surface area contributed by atoms with Gasteiger partial charge in [0.25, 0.3) is 5.91 Å². The molecule has 3 amide bonds. The normalized spacial score (nSPS) is 18.1. The quantitative estimate of drug-likeness (QED) is 0.684. The van der Waals surface area contributed by atoms with E-state index in [4.69, 9.17) is 0 Å². The highest BCUT2D eigenvalue weighted by Crippen LogP contribution is 2.23. The standard InChI is InChI=1S/C25H31N5O3/c1-17(2)24-21(13-22-25(33)30(18(3)31)15-23(32)27-22)26-16-29(24)11-6-10-28-12-9-19-7-4-5-8-20(19)14-28/h4-5,7-8,13,16-17H,6,9-12,14-15H2,1-3H3,(H,27,32)/b22-13-. The van der Waals surface area contributed by atoms with Crippen LogP contribution in [0.4, 0.5) is 0 Å². The minimum Gasteiger partial charge on any atom is -0.334 e. The summed E-state index contributed by atoms with van der Waals surface area (Å²) in [5.74, 6) is -1.16. The molecule has 0 atom stereocenters. The van der Waals surface area contributed by atoms with Gasteiger partial charge in [-0.25, -0.2) is 4.98 Å². The van der Waals surface area contributed by atoms with Crippen molar-refractivity contribution in [2.45, 2.75) is 52.6 Å². The highest BCUT2D eigenvalue weighted by Gasteiger charge is 2.31. The Bertz CT molecular complexity index is 1100. The van der Waals surface area contributed by atoms with Gasteiger partial charge in [-0.3, -0.25) is 24.2 Å². The highest BCUT2D eigenvalue weighted by atomic mass is 16.2. The van der Waals surface area contributed by atoms with Crippen molar-refractivity contribution in [2.24, 2.45) is 0 Å². The topological polar surface area (TPSA) is 87.5 Å². The first-order valence-corrected chi connectivity index (χ1v) is 11.5. The maximum absolute atomic E-state index is 12.6. The van der Waals surface area contributed by atoms with E-state index in [1.165, 1.54) is 18.1 Å². The average molecular weight is 450 g/mol. The second-order valence-corrected chi connectivity index (χ2v) is 9.03. The van der Waals surface area contributed by atoms with Gasteiger partial charge in [0.1, 0.15) is 12.2 Å². The number of hydrogen-bond acceptors (Lipinski definition) is 5. The molecule has 0 saturated carbocycles. The second kappa shape index (κ2) is 9.70. The SMILES string of the molecule is CC(=O)N1CC(=O)N/C(=C\c2ncn(CCCN3CCc4ccccc4C3)c2C(C)C)C1=O. The smallest absolute Gasteiger partial charge is 0.277 e. The third-order valence-corrected chi connectivity index (χ3v) is 6.25. The van der Waals surface area contributed by atoms with Crippen molar-refractivity contribution in [3.63, 3.8) is 0 Å². The van der Waals surface area contributed by atoms with Gasteiger partial charge in [0.15, 0.2) is 0 Å². The lowest BCUT2D eigenvalue weighted by Crippen LogP contribution is -2.51. The van der Waals surface area contributed by atoms with E-state index in [9.17, 15) is 14.4 Å². The molecule has 1 aromatic heterocycles. The lowest BCUT2D eigenvalue weighted by molar-refractivity contribution is -0.147. The number of aromatic nitrogens is 2. The maximum Gasteiger partial charge on any atom is 0.277 e. The number of nitrogens with one attached hydrogen (secondary N) is 1. The number of nitrogens with zero attached hydrogens (tertiary/aromatic N) is 4. The molecule has 8 heteroatoms. The molecule has 1 saturated heterocycles. The minimum atomic E-state index is -0.503. The molecule has 0 unspecified atom stereocenters. The summed E-state index contributed by atoms with van der Waals surface area (Å²) in [7, 11) is 0. The third-order valence-electron chi connectivity index (χ3n) is 6.25. The molecule has 0 bridgehead atoms. The Balaban J connectivity index is 1.45. The molecule has 1 fully saturated rings. The number of fused-ring (bicyclic) bond motifs is 1. The Morgan fingerprint density at radius 2 is 1.91 bits per heavy atom. The van der Waals surface area contributed by atoms with Crippen LogP contribution in [0.2, 0.25) is 0 Å². The summed E-state index contributed by atoms with van der Waals surface area (Å²) in [5, 5.41) is 2.59. The predicted octanol–water partition coefficient (Wildman–Crippen LogP) is 2.30. The van der Waals surface area contributed by atoms with Crippen LogP contribution in [0, 0.1) is 0 Å². The number of hydrogen-bond donors (Lipinski definition) is 1. The number of amides is 3. The van der Waals surface area contributed by atoms with Crippen molar-refractivity contribution >= 4 is 23.8 Å². The van der Waals surface area contributed by atoms with Crippen LogP contribution in [0.25, 0.3) is 6.08 Å². The molecule has 2 aromatic rings. The van der Waals surface area contributed by atoms with Gasteiger partial charge in [0.05, 0.1) is 12.0 Å². The van der Waals surface area contributed by atoms with Crippen LogP contribution in [0.3, 0.4) is 0 Å². The van der Waals surface area contributed by atoms with Crippen molar-refractivity contribution in [2.75, 3.05) is 19.6 Å². The van der Waals surface area contributed by atoms with Gasteiger partial charge >= 0.3 is 0 Å². The zero-order chi connectivity index (χ0) is 23.5. The molecule has 2 aliphatic heterocycles. The summed E-state index contributed by atoms with van der Waals surface area (Å²) in [6.07, 6.45) is 5.46. The first-order chi connectivity index (χ1) is 15.8. The summed E-state index contributed by atoms with van der Waals surface area (Å²) in [6, 6.07) is 8.65. The Labute approximate surface area is 194 Å². The van der Waals surface area contributed by atoms with Gasteiger partial charge in [-0.1, -0.05) is 38.1 Å². The van der Waals surface area contributed by atoms with Crippen LogP contribution in [0.5, 0.6) is 0 Å². The van der Waals surface area contributed by atoms with E-state index >= 15 is 0 Å². The Morgan fingerprint density at radius 3 is 2.64 bits per heavy atom. The molecule has 1 N–H and O–H groups in total. The molecule has 174 valence electrons. The Hall–Kier alpha value is -3.26. The zero-order valence-electron chi connectivity index (χ0n) is 19.5. The van der Waals surface area contributed by atoms with Crippen LogP contribution >= 0.6 is 0 Å². The van der Waals surface area contributed by atoms with Crippen LogP contribution in [0.15, 0.2) is 36.3 Å². The first kappa shape index (κ1) is 22.9. The molecule has 2 aliphatic rings. The summed E-state index contributed by atoms with van der Waals surface area (Å²) in [6.45, 7) is 9.08. The lowest BCUT2D eigenvalue weighted by Gasteiger charge is -2.28. The second-order valence-electron chi connectivity index (χ2n) is 9.03. The molecule has 1 aromatic carbocycles. The molecule has 0 spiro atoms. The number of benzene rings is 1. The van der Waals surface area contributed by atoms with E-state index in [1.54, 1.807) is 12.4 Å². The van der Waals surface area contributed by atoms with Crippen LogP contribution in [0.1, 0.15) is 55.6 Å². The van der Waals surface area contributed by atoms with Gasteiger partial charge in [0.2, 0.25) is 11.8 Å². The van der Waals surface area contributed by atoms with E-state index in [0.29, 0.717) is 5.69 Å². The number of rotatable bonds is 6. The summed E-state index contributed by atoms with van der Waals surface area (Å²) >= 11 is 0.